The van der Waals surface area contributed by atoms with Crippen LogP contribution in [0.3, 0.4) is 0 Å². The largest absolute Gasteiger partial charge is 0.449 e. The van der Waals surface area contributed by atoms with Crippen molar-refractivity contribution in [3.63, 3.8) is 0 Å². The van der Waals surface area contributed by atoms with Crippen LogP contribution < -0.4 is 5.32 Å². The molecule has 0 unspecified atom stereocenters. The highest BCUT2D eigenvalue weighted by atomic mass is 16.5. The number of anilines is 1. The van der Waals surface area contributed by atoms with Crippen LogP contribution in [0.25, 0.3) is 11.1 Å². The second-order valence-corrected chi connectivity index (χ2v) is 5.44. The molecule has 1 amide bonds. The van der Waals surface area contributed by atoms with Crippen molar-refractivity contribution in [3.05, 3.63) is 90.5 Å². The fourth-order valence-corrected chi connectivity index (χ4v) is 2.47. The molecule has 3 nitrogen and oxygen atoms in total. The summed E-state index contributed by atoms with van der Waals surface area (Å²) in [4.78, 5) is 11.9. The minimum absolute atomic E-state index is 0.355. The summed E-state index contributed by atoms with van der Waals surface area (Å²) in [5.41, 5.74) is 4.04. The molecule has 0 atom stereocenters. The summed E-state index contributed by atoms with van der Waals surface area (Å²) in [5, 5.41) is 2.78. The van der Waals surface area contributed by atoms with Gasteiger partial charge in [0.05, 0.1) is 6.61 Å². The van der Waals surface area contributed by atoms with Crippen molar-refractivity contribution in [2.24, 2.45) is 0 Å². The molecule has 0 aliphatic rings. The van der Waals surface area contributed by atoms with Crippen LogP contribution in [0.1, 0.15) is 5.56 Å². The van der Waals surface area contributed by atoms with Crippen molar-refractivity contribution in [1.29, 1.82) is 0 Å². The van der Waals surface area contributed by atoms with E-state index >= 15 is 0 Å². The average Bonchev–Trinajstić information content (AvgIpc) is 2.63. The summed E-state index contributed by atoms with van der Waals surface area (Å²) in [7, 11) is 0. The van der Waals surface area contributed by atoms with E-state index < -0.39 is 6.09 Å². The Bertz CT molecular complexity index is 785. The molecule has 120 valence electrons. The second-order valence-electron chi connectivity index (χ2n) is 5.44. The number of ether oxygens (including phenoxy) is 1. The Morgan fingerprint density at radius 1 is 0.792 bits per heavy atom. The fourth-order valence-electron chi connectivity index (χ4n) is 2.47. The third kappa shape index (κ3) is 4.46. The van der Waals surface area contributed by atoms with Gasteiger partial charge in [-0.1, -0.05) is 72.8 Å². The standard InChI is InChI=1S/C21H19NO2/c23-21(24-15-14-17-8-3-1-4-9-17)22-20-13-7-12-19(16-20)18-10-5-2-6-11-18/h1-13,16H,14-15H2,(H,22,23). The Morgan fingerprint density at radius 3 is 2.21 bits per heavy atom. The van der Waals surface area contributed by atoms with Crippen molar-refractivity contribution in [2.75, 3.05) is 11.9 Å². The zero-order chi connectivity index (χ0) is 16.6. The monoisotopic (exact) mass is 317 g/mol. The van der Waals surface area contributed by atoms with E-state index in [2.05, 4.69) is 5.32 Å². The van der Waals surface area contributed by atoms with Crippen LogP contribution in [0, 0.1) is 0 Å². The number of carbonyl (C=O) groups excluding carboxylic acids is 1. The zero-order valence-corrected chi connectivity index (χ0v) is 13.3. The molecule has 24 heavy (non-hydrogen) atoms. The number of rotatable bonds is 5. The number of benzene rings is 3. The van der Waals surface area contributed by atoms with Crippen LogP contribution in [0.15, 0.2) is 84.9 Å². The molecular weight excluding hydrogens is 298 g/mol. The first kappa shape index (κ1) is 15.8. The molecule has 1 N–H and O–H groups in total. The van der Waals surface area contributed by atoms with Crippen LogP contribution >= 0.6 is 0 Å². The molecular formula is C21H19NO2. The van der Waals surface area contributed by atoms with Crippen molar-refractivity contribution in [3.8, 4) is 11.1 Å². The Labute approximate surface area is 141 Å². The fraction of sp³-hybridized carbons (Fsp3) is 0.0952. The summed E-state index contributed by atoms with van der Waals surface area (Å²) < 4.78 is 5.25. The molecule has 3 aromatic carbocycles. The van der Waals surface area contributed by atoms with Gasteiger partial charge < -0.3 is 4.74 Å². The van der Waals surface area contributed by atoms with Gasteiger partial charge in [-0.2, -0.15) is 0 Å². The third-order valence-electron chi connectivity index (χ3n) is 3.68. The van der Waals surface area contributed by atoms with Crippen molar-refractivity contribution in [2.45, 2.75) is 6.42 Å². The maximum atomic E-state index is 11.9. The first-order valence-corrected chi connectivity index (χ1v) is 7.94. The SMILES string of the molecule is O=C(Nc1cccc(-c2ccccc2)c1)OCCc1ccccc1. The Kier molecular flexibility index (Phi) is 5.25. The van der Waals surface area contributed by atoms with E-state index in [0.29, 0.717) is 13.0 Å². The van der Waals surface area contributed by atoms with E-state index in [0.717, 1.165) is 22.4 Å². The molecule has 0 aliphatic heterocycles. The number of amides is 1. The minimum Gasteiger partial charge on any atom is -0.449 e. The first-order chi connectivity index (χ1) is 11.8. The van der Waals surface area contributed by atoms with Gasteiger partial charge in [0, 0.05) is 12.1 Å². The van der Waals surface area contributed by atoms with E-state index in [1.54, 1.807) is 0 Å². The number of carbonyl (C=O) groups is 1. The molecule has 0 bridgehead atoms. The van der Waals surface area contributed by atoms with Gasteiger partial charge in [0.25, 0.3) is 0 Å². The predicted molar refractivity (Wildman–Crippen MR) is 97.0 cm³/mol. The summed E-state index contributed by atoms with van der Waals surface area (Å²) in [6, 6.07) is 27.7. The Morgan fingerprint density at radius 2 is 1.46 bits per heavy atom. The predicted octanol–water partition coefficient (Wildman–Crippen LogP) is 5.14. The molecule has 0 radical (unpaired) electrons. The van der Waals surface area contributed by atoms with E-state index in [9.17, 15) is 4.79 Å². The smallest absolute Gasteiger partial charge is 0.411 e. The third-order valence-corrected chi connectivity index (χ3v) is 3.68. The highest BCUT2D eigenvalue weighted by molar-refractivity contribution is 5.85. The van der Waals surface area contributed by atoms with Gasteiger partial charge in [-0.05, 0) is 28.8 Å². The van der Waals surface area contributed by atoms with Crippen molar-refractivity contribution in [1.82, 2.24) is 0 Å². The molecule has 3 heteroatoms. The van der Waals surface area contributed by atoms with Crippen LogP contribution in [0.2, 0.25) is 0 Å². The van der Waals surface area contributed by atoms with E-state index in [1.807, 2.05) is 84.9 Å². The normalized spacial score (nSPS) is 10.2. The number of hydrogen-bond donors (Lipinski definition) is 1. The van der Waals surface area contributed by atoms with Gasteiger partial charge in [-0.15, -0.1) is 0 Å². The number of hydrogen-bond acceptors (Lipinski definition) is 2. The lowest BCUT2D eigenvalue weighted by atomic mass is 10.1. The van der Waals surface area contributed by atoms with Crippen LogP contribution in [-0.2, 0) is 11.2 Å². The maximum absolute atomic E-state index is 11.9. The summed E-state index contributed by atoms with van der Waals surface area (Å²) >= 11 is 0. The molecule has 0 aliphatic carbocycles. The van der Waals surface area contributed by atoms with Crippen molar-refractivity contribution >= 4 is 11.8 Å². The number of nitrogens with one attached hydrogen (secondary N) is 1. The van der Waals surface area contributed by atoms with Crippen LogP contribution in [0.4, 0.5) is 10.5 Å². The minimum atomic E-state index is -0.434. The van der Waals surface area contributed by atoms with Gasteiger partial charge in [0.2, 0.25) is 0 Å². The molecule has 3 aromatic rings. The lowest BCUT2D eigenvalue weighted by Crippen LogP contribution is -2.15. The molecule has 3 rings (SSSR count). The molecule has 0 heterocycles. The van der Waals surface area contributed by atoms with Crippen LogP contribution in [0.5, 0.6) is 0 Å². The molecule has 0 aromatic heterocycles. The molecule has 0 saturated carbocycles. The van der Waals surface area contributed by atoms with E-state index in [-0.39, 0.29) is 0 Å². The highest BCUT2D eigenvalue weighted by Gasteiger charge is 2.05. The summed E-state index contributed by atoms with van der Waals surface area (Å²) in [5.74, 6) is 0. The van der Waals surface area contributed by atoms with E-state index in [1.165, 1.54) is 0 Å². The van der Waals surface area contributed by atoms with E-state index in [4.69, 9.17) is 4.74 Å². The van der Waals surface area contributed by atoms with Gasteiger partial charge in [0.1, 0.15) is 0 Å². The quantitative estimate of drug-likeness (QED) is 0.707. The van der Waals surface area contributed by atoms with Gasteiger partial charge >= 0.3 is 6.09 Å². The second kappa shape index (κ2) is 7.97. The van der Waals surface area contributed by atoms with Gasteiger partial charge in [0.15, 0.2) is 0 Å². The molecule has 0 fully saturated rings. The van der Waals surface area contributed by atoms with Gasteiger partial charge in [-0.25, -0.2) is 4.79 Å². The lowest BCUT2D eigenvalue weighted by Gasteiger charge is -2.09. The molecule has 0 spiro atoms. The Balaban J connectivity index is 1.55. The summed E-state index contributed by atoms with van der Waals surface area (Å²) in [6.07, 6.45) is 0.273. The zero-order valence-electron chi connectivity index (χ0n) is 13.3. The topological polar surface area (TPSA) is 38.3 Å². The van der Waals surface area contributed by atoms with Gasteiger partial charge in [-0.3, -0.25) is 5.32 Å². The summed E-state index contributed by atoms with van der Waals surface area (Å²) in [6.45, 7) is 0.355. The lowest BCUT2D eigenvalue weighted by molar-refractivity contribution is 0.163. The Hall–Kier alpha value is -3.07. The highest BCUT2D eigenvalue weighted by Crippen LogP contribution is 2.22. The molecule has 0 saturated heterocycles. The van der Waals surface area contributed by atoms with Crippen LogP contribution in [-0.4, -0.2) is 12.7 Å². The first-order valence-electron chi connectivity index (χ1n) is 7.94. The maximum Gasteiger partial charge on any atom is 0.411 e. The average molecular weight is 317 g/mol. The van der Waals surface area contributed by atoms with Crippen molar-refractivity contribution < 1.29 is 9.53 Å².